The summed E-state index contributed by atoms with van der Waals surface area (Å²) in [7, 11) is 0. The van der Waals surface area contributed by atoms with E-state index in [9.17, 15) is 0 Å². The monoisotopic (exact) mass is 277 g/mol. The highest BCUT2D eigenvalue weighted by Crippen LogP contribution is 2.22. The number of anilines is 1. The number of nitrogens with zero attached hydrogens (tertiary/aromatic N) is 2. The molecule has 1 aromatic rings. The van der Waals surface area contributed by atoms with Crippen molar-refractivity contribution in [3.05, 3.63) is 28.8 Å². The molecule has 102 valence electrons. The summed E-state index contributed by atoms with van der Waals surface area (Å²) in [4.78, 5) is 2.50. The molecule has 0 unspecified atom stereocenters. The Balaban J connectivity index is 1.83. The van der Waals surface area contributed by atoms with Crippen molar-refractivity contribution < 1.29 is 0 Å². The van der Waals surface area contributed by atoms with E-state index in [1.165, 1.54) is 25.9 Å². The van der Waals surface area contributed by atoms with E-state index in [2.05, 4.69) is 23.2 Å². The molecule has 1 N–H and O–H groups in total. The summed E-state index contributed by atoms with van der Waals surface area (Å²) in [5.41, 5.74) is 1.53. The van der Waals surface area contributed by atoms with Gasteiger partial charge in [0.25, 0.3) is 0 Å². The highest BCUT2D eigenvalue weighted by atomic mass is 35.5. The fraction of sp³-hybridized carbons (Fsp3) is 0.533. The number of rotatable bonds is 4. The molecule has 0 aromatic heterocycles. The quantitative estimate of drug-likeness (QED) is 0.917. The molecule has 2 rings (SSSR count). The molecule has 19 heavy (non-hydrogen) atoms. The Hall–Kier alpha value is -1.24. The Morgan fingerprint density at radius 3 is 2.74 bits per heavy atom. The molecule has 0 radical (unpaired) electrons. The van der Waals surface area contributed by atoms with Gasteiger partial charge in [-0.2, -0.15) is 5.26 Å². The van der Waals surface area contributed by atoms with E-state index in [1.54, 1.807) is 6.07 Å². The number of nitrogens with one attached hydrogen (secondary N) is 1. The van der Waals surface area contributed by atoms with Gasteiger partial charge in [0.15, 0.2) is 0 Å². The molecule has 1 aliphatic heterocycles. The first-order valence-electron chi connectivity index (χ1n) is 6.88. The number of hydrogen-bond acceptors (Lipinski definition) is 3. The highest BCUT2D eigenvalue weighted by molar-refractivity contribution is 6.32. The van der Waals surface area contributed by atoms with Gasteiger partial charge in [-0.15, -0.1) is 0 Å². The van der Waals surface area contributed by atoms with Gasteiger partial charge in [0.05, 0.1) is 10.6 Å². The molecule has 1 heterocycles. The van der Waals surface area contributed by atoms with Crippen LogP contribution < -0.4 is 5.32 Å². The second-order valence-electron chi connectivity index (χ2n) is 5.06. The van der Waals surface area contributed by atoms with Crippen molar-refractivity contribution in [2.45, 2.75) is 19.8 Å². The van der Waals surface area contributed by atoms with Gasteiger partial charge in [-0.1, -0.05) is 18.5 Å². The highest BCUT2D eigenvalue weighted by Gasteiger charge is 2.17. The minimum absolute atomic E-state index is 0.522. The third-order valence-corrected chi connectivity index (χ3v) is 4.15. The van der Waals surface area contributed by atoms with Crippen LogP contribution >= 0.6 is 11.6 Å². The van der Waals surface area contributed by atoms with E-state index in [-0.39, 0.29) is 0 Å². The Morgan fingerprint density at radius 2 is 2.16 bits per heavy atom. The summed E-state index contributed by atoms with van der Waals surface area (Å²) in [6.07, 6.45) is 2.51. The lowest BCUT2D eigenvalue weighted by Gasteiger charge is -2.31. The number of nitriles is 1. The Morgan fingerprint density at radius 1 is 1.42 bits per heavy atom. The normalized spacial score (nSPS) is 17.1. The molecule has 0 amide bonds. The molecule has 0 aliphatic carbocycles. The first kappa shape index (κ1) is 14.2. The van der Waals surface area contributed by atoms with Gasteiger partial charge in [-0.25, -0.2) is 0 Å². The van der Waals surface area contributed by atoms with Crippen LogP contribution in [-0.2, 0) is 0 Å². The minimum Gasteiger partial charge on any atom is -0.385 e. The van der Waals surface area contributed by atoms with Crippen LogP contribution in [0.2, 0.25) is 5.02 Å². The van der Waals surface area contributed by atoms with Gasteiger partial charge >= 0.3 is 0 Å². The molecule has 4 heteroatoms. The van der Waals surface area contributed by atoms with E-state index in [0.717, 1.165) is 24.7 Å². The van der Waals surface area contributed by atoms with Crippen LogP contribution in [0, 0.1) is 17.2 Å². The van der Waals surface area contributed by atoms with Crippen molar-refractivity contribution in [2.24, 2.45) is 5.92 Å². The maximum atomic E-state index is 8.83. The minimum atomic E-state index is 0.522. The van der Waals surface area contributed by atoms with E-state index in [4.69, 9.17) is 16.9 Å². The van der Waals surface area contributed by atoms with Crippen molar-refractivity contribution in [1.29, 1.82) is 5.26 Å². The largest absolute Gasteiger partial charge is 0.385 e. The van der Waals surface area contributed by atoms with Gasteiger partial charge in [0.2, 0.25) is 0 Å². The maximum absolute atomic E-state index is 8.83. The Labute approximate surface area is 120 Å². The molecule has 0 bridgehead atoms. The summed E-state index contributed by atoms with van der Waals surface area (Å²) in [5, 5.41) is 12.8. The van der Waals surface area contributed by atoms with Crippen molar-refractivity contribution in [3.8, 4) is 6.07 Å². The van der Waals surface area contributed by atoms with Crippen molar-refractivity contribution in [1.82, 2.24) is 4.90 Å². The zero-order valence-electron chi connectivity index (χ0n) is 11.3. The zero-order chi connectivity index (χ0) is 13.7. The summed E-state index contributed by atoms with van der Waals surface area (Å²) < 4.78 is 0. The average Bonchev–Trinajstić information content (AvgIpc) is 2.46. The van der Waals surface area contributed by atoms with Crippen molar-refractivity contribution >= 4 is 17.3 Å². The SMILES string of the molecule is CCN1CCC(CNc2ccc(C#N)c(Cl)c2)CC1. The molecule has 0 spiro atoms. The first-order valence-corrected chi connectivity index (χ1v) is 7.26. The molecule has 1 fully saturated rings. The van der Waals surface area contributed by atoms with Crippen LogP contribution in [0.4, 0.5) is 5.69 Å². The fourth-order valence-electron chi connectivity index (χ4n) is 2.48. The van der Waals surface area contributed by atoms with Crippen LogP contribution in [0.3, 0.4) is 0 Å². The maximum Gasteiger partial charge on any atom is 0.101 e. The Kier molecular flexibility index (Phi) is 5.07. The van der Waals surface area contributed by atoms with Crippen LogP contribution in [0.25, 0.3) is 0 Å². The third-order valence-electron chi connectivity index (χ3n) is 3.84. The Bertz CT molecular complexity index is 459. The predicted molar refractivity (Wildman–Crippen MR) is 79.5 cm³/mol. The van der Waals surface area contributed by atoms with Crippen molar-refractivity contribution in [3.63, 3.8) is 0 Å². The summed E-state index contributed by atoms with van der Waals surface area (Å²) in [6.45, 7) is 6.77. The molecular formula is C15H20ClN3. The summed E-state index contributed by atoms with van der Waals surface area (Å²) >= 11 is 6.02. The molecule has 1 aromatic carbocycles. The second-order valence-corrected chi connectivity index (χ2v) is 5.47. The molecule has 1 aliphatic rings. The van der Waals surface area contributed by atoms with Crippen LogP contribution in [-0.4, -0.2) is 31.1 Å². The van der Waals surface area contributed by atoms with E-state index < -0.39 is 0 Å². The van der Waals surface area contributed by atoms with E-state index in [0.29, 0.717) is 10.6 Å². The molecule has 3 nitrogen and oxygen atoms in total. The van der Waals surface area contributed by atoms with Crippen LogP contribution in [0.15, 0.2) is 18.2 Å². The molecule has 0 saturated carbocycles. The lowest BCUT2D eigenvalue weighted by molar-refractivity contribution is 0.198. The zero-order valence-corrected chi connectivity index (χ0v) is 12.1. The van der Waals surface area contributed by atoms with Gasteiger partial charge < -0.3 is 10.2 Å². The van der Waals surface area contributed by atoms with E-state index >= 15 is 0 Å². The number of hydrogen-bond donors (Lipinski definition) is 1. The van der Waals surface area contributed by atoms with Gasteiger partial charge in [-0.3, -0.25) is 0 Å². The lowest BCUT2D eigenvalue weighted by atomic mass is 9.97. The number of halogens is 1. The predicted octanol–water partition coefficient (Wildman–Crippen LogP) is 3.36. The van der Waals surface area contributed by atoms with Crippen LogP contribution in [0.1, 0.15) is 25.3 Å². The summed E-state index contributed by atoms with van der Waals surface area (Å²) in [5.74, 6) is 0.734. The number of likely N-dealkylation sites (tertiary alicyclic amines) is 1. The van der Waals surface area contributed by atoms with E-state index in [1.807, 2.05) is 12.1 Å². The molecular weight excluding hydrogens is 258 g/mol. The topological polar surface area (TPSA) is 39.1 Å². The number of piperidine rings is 1. The second kappa shape index (κ2) is 6.79. The lowest BCUT2D eigenvalue weighted by Crippen LogP contribution is -2.35. The standard InChI is InChI=1S/C15H20ClN3/c1-2-19-7-5-12(6-8-19)11-18-14-4-3-13(10-17)15(16)9-14/h3-4,9,12,18H,2,5-8,11H2,1H3. The average molecular weight is 278 g/mol. The fourth-order valence-corrected chi connectivity index (χ4v) is 2.71. The molecule has 1 saturated heterocycles. The third kappa shape index (κ3) is 3.86. The molecule has 0 atom stereocenters. The van der Waals surface area contributed by atoms with Gasteiger partial charge in [0.1, 0.15) is 6.07 Å². The van der Waals surface area contributed by atoms with Gasteiger partial charge in [-0.05, 0) is 56.6 Å². The first-order chi connectivity index (χ1) is 9.22. The summed E-state index contributed by atoms with van der Waals surface area (Å²) in [6, 6.07) is 7.60. The van der Waals surface area contributed by atoms with Gasteiger partial charge in [0, 0.05) is 12.2 Å². The van der Waals surface area contributed by atoms with Crippen molar-refractivity contribution in [2.75, 3.05) is 31.5 Å². The van der Waals surface area contributed by atoms with Crippen LogP contribution in [0.5, 0.6) is 0 Å². The smallest absolute Gasteiger partial charge is 0.101 e. The number of benzene rings is 1.